The molecule has 5 nitrogen and oxygen atoms in total. The second-order valence-corrected chi connectivity index (χ2v) is 9.01. The van der Waals surface area contributed by atoms with Crippen molar-refractivity contribution in [3.63, 3.8) is 0 Å². The lowest BCUT2D eigenvalue weighted by Gasteiger charge is -2.33. The molecule has 0 radical (unpaired) electrons. The number of carbonyl (C=O) groups excluding carboxylic acids is 2. The van der Waals surface area contributed by atoms with Crippen molar-refractivity contribution in [2.75, 3.05) is 36.8 Å². The molecule has 2 N–H and O–H groups in total. The van der Waals surface area contributed by atoms with Crippen LogP contribution in [0.15, 0.2) is 72.8 Å². The van der Waals surface area contributed by atoms with E-state index in [1.54, 1.807) is 46.7 Å². The van der Waals surface area contributed by atoms with E-state index in [9.17, 15) is 14.0 Å². The molecular weight excluding hydrogens is 461 g/mol. The first-order valence-corrected chi connectivity index (χ1v) is 12.2. The molecule has 1 aliphatic rings. The Hall–Kier alpha value is -3.42. The number of piperidine rings is 1. The lowest BCUT2D eigenvalue weighted by atomic mass is 9.89. The molecule has 0 atom stereocenters. The van der Waals surface area contributed by atoms with E-state index in [1.165, 1.54) is 12.1 Å². The summed E-state index contributed by atoms with van der Waals surface area (Å²) in [7, 11) is 0. The molecule has 0 aliphatic carbocycles. The normalized spacial score (nSPS) is 14.4. The number of carbonyl (C=O) groups is 2. The van der Waals surface area contributed by atoms with Crippen molar-refractivity contribution in [1.82, 2.24) is 4.90 Å². The number of benzene rings is 3. The highest BCUT2D eigenvalue weighted by atomic mass is 32.1. The monoisotopic (exact) mass is 489 g/mol. The fraction of sp³-hybridized carbons (Fsp3) is 0.250. The van der Waals surface area contributed by atoms with Gasteiger partial charge in [-0.2, -0.15) is 0 Å². The molecule has 180 valence electrons. The highest BCUT2D eigenvalue weighted by Gasteiger charge is 2.27. The molecule has 1 amide bonds. The molecule has 1 heterocycles. The number of likely N-dealkylation sites (tertiary alicyclic amines) is 1. The second kappa shape index (κ2) is 11.3. The van der Waals surface area contributed by atoms with E-state index in [-0.39, 0.29) is 23.4 Å². The van der Waals surface area contributed by atoms with Crippen LogP contribution in [0.2, 0.25) is 0 Å². The molecule has 3 aromatic rings. The van der Waals surface area contributed by atoms with Crippen LogP contribution in [-0.4, -0.2) is 48.1 Å². The van der Waals surface area contributed by atoms with Crippen molar-refractivity contribution in [2.24, 2.45) is 5.92 Å². The third-order valence-corrected chi connectivity index (χ3v) is 6.72. The maximum Gasteiger partial charge on any atom is 0.258 e. The molecule has 0 aromatic heterocycles. The number of thiocarbonyl (C=S) groups is 1. The van der Waals surface area contributed by atoms with E-state index in [1.807, 2.05) is 24.3 Å². The molecule has 1 aliphatic heterocycles. The molecule has 0 bridgehead atoms. The van der Waals surface area contributed by atoms with Gasteiger partial charge in [0.25, 0.3) is 5.91 Å². The number of ketones is 1. The van der Waals surface area contributed by atoms with Crippen molar-refractivity contribution in [1.29, 1.82) is 0 Å². The van der Waals surface area contributed by atoms with Crippen molar-refractivity contribution in [2.45, 2.75) is 12.8 Å². The summed E-state index contributed by atoms with van der Waals surface area (Å²) in [6.45, 7) is 2.71. The van der Waals surface area contributed by atoms with Crippen LogP contribution in [-0.2, 0) is 0 Å². The smallest absolute Gasteiger partial charge is 0.258 e. The summed E-state index contributed by atoms with van der Waals surface area (Å²) in [4.78, 5) is 30.2. The van der Waals surface area contributed by atoms with Gasteiger partial charge in [-0.3, -0.25) is 9.59 Å². The topological polar surface area (TPSA) is 66.6 Å². The van der Waals surface area contributed by atoms with Gasteiger partial charge >= 0.3 is 0 Å². The third-order valence-electron chi connectivity index (χ3n) is 6.45. The molecule has 35 heavy (non-hydrogen) atoms. The number of nitrogens with zero attached hydrogens (tertiary/aromatic N) is 2. The summed E-state index contributed by atoms with van der Waals surface area (Å²) in [5.41, 5.74) is 9.18. The van der Waals surface area contributed by atoms with Crippen molar-refractivity contribution in [3.8, 4) is 0 Å². The van der Waals surface area contributed by atoms with Crippen LogP contribution in [0.5, 0.6) is 0 Å². The molecule has 4 rings (SSSR count). The van der Waals surface area contributed by atoms with Crippen LogP contribution >= 0.6 is 12.2 Å². The quantitative estimate of drug-likeness (QED) is 0.274. The van der Waals surface area contributed by atoms with Crippen LogP contribution in [0.25, 0.3) is 0 Å². The number of anilines is 2. The Morgan fingerprint density at radius 2 is 1.66 bits per heavy atom. The van der Waals surface area contributed by atoms with Gasteiger partial charge in [-0.1, -0.05) is 24.4 Å². The first-order valence-electron chi connectivity index (χ1n) is 11.7. The minimum atomic E-state index is -0.342. The van der Waals surface area contributed by atoms with E-state index >= 15 is 0 Å². The minimum absolute atomic E-state index is 0.0662. The summed E-state index contributed by atoms with van der Waals surface area (Å²) in [6.07, 6.45) is 1.48. The molecule has 0 unspecified atom stereocenters. The van der Waals surface area contributed by atoms with Gasteiger partial charge in [0.2, 0.25) is 0 Å². The molecule has 0 spiro atoms. The van der Waals surface area contributed by atoms with Gasteiger partial charge in [-0.25, -0.2) is 4.39 Å². The molecule has 7 heteroatoms. The zero-order valence-electron chi connectivity index (χ0n) is 19.4. The number of amides is 1. The maximum atomic E-state index is 13.4. The van der Waals surface area contributed by atoms with Crippen LogP contribution < -0.4 is 10.6 Å². The van der Waals surface area contributed by atoms with Gasteiger partial charge in [0.15, 0.2) is 5.78 Å². The van der Waals surface area contributed by atoms with Gasteiger partial charge in [-0.05, 0) is 92.2 Å². The minimum Gasteiger partial charge on any atom is -0.399 e. The van der Waals surface area contributed by atoms with E-state index in [0.29, 0.717) is 29.9 Å². The fourth-order valence-corrected chi connectivity index (χ4v) is 4.55. The molecule has 1 fully saturated rings. The van der Waals surface area contributed by atoms with E-state index in [0.717, 1.165) is 37.2 Å². The average molecular weight is 490 g/mol. The SMILES string of the molecule is Nc1ccc(C(=O)N(CCN2CCC(C(=O)c3ccc(F)cc3)CC2)c2cccc(C=S)c2)cc1. The van der Waals surface area contributed by atoms with Crippen LogP contribution in [0.4, 0.5) is 15.8 Å². The number of Topliss-reactive ketones (excluding diaryl/α,β-unsaturated/α-hetero) is 1. The Morgan fingerprint density at radius 3 is 2.31 bits per heavy atom. The molecule has 3 aromatic carbocycles. The number of halogens is 1. The highest BCUT2D eigenvalue weighted by molar-refractivity contribution is 7.79. The number of nitrogens with two attached hydrogens (primary N) is 1. The molecule has 0 saturated carbocycles. The largest absolute Gasteiger partial charge is 0.399 e. The average Bonchev–Trinajstić information content (AvgIpc) is 2.89. The predicted molar refractivity (Wildman–Crippen MR) is 142 cm³/mol. The molecule has 1 saturated heterocycles. The number of rotatable bonds is 8. The van der Waals surface area contributed by atoms with Gasteiger partial charge in [-0.15, -0.1) is 0 Å². The Balaban J connectivity index is 1.42. The second-order valence-electron chi connectivity index (χ2n) is 8.78. The lowest BCUT2D eigenvalue weighted by molar-refractivity contribution is 0.0841. The van der Waals surface area contributed by atoms with Gasteiger partial charge < -0.3 is 15.5 Å². The zero-order chi connectivity index (χ0) is 24.8. The number of nitrogen functional groups attached to an aromatic ring is 1. The zero-order valence-corrected chi connectivity index (χ0v) is 20.2. The van der Waals surface area contributed by atoms with E-state index in [2.05, 4.69) is 4.90 Å². The van der Waals surface area contributed by atoms with E-state index in [4.69, 9.17) is 18.0 Å². The standard InChI is InChI=1S/C28H28FN3O2S/c29-24-8-4-21(5-9-24)27(33)22-12-14-31(15-13-22)16-17-32(26-3-1-2-20(18-26)19-35)28(34)23-6-10-25(30)11-7-23/h1-11,18-19,22H,12-17,30H2. The van der Waals surface area contributed by atoms with Gasteiger partial charge in [0.05, 0.1) is 0 Å². The maximum absolute atomic E-state index is 13.4. The van der Waals surface area contributed by atoms with Crippen molar-refractivity contribution < 1.29 is 14.0 Å². The highest BCUT2D eigenvalue weighted by Crippen LogP contribution is 2.23. The van der Waals surface area contributed by atoms with Crippen LogP contribution in [0.1, 0.15) is 39.1 Å². The Kier molecular flexibility index (Phi) is 8.00. The molecular formula is C28H28FN3O2S. The Morgan fingerprint density at radius 1 is 1.00 bits per heavy atom. The van der Waals surface area contributed by atoms with Crippen molar-refractivity contribution in [3.05, 3.63) is 95.3 Å². The first kappa shape index (κ1) is 24.7. The summed E-state index contributed by atoms with van der Waals surface area (Å²) in [5, 5.41) is 1.60. The summed E-state index contributed by atoms with van der Waals surface area (Å²) >= 11 is 5.08. The van der Waals surface area contributed by atoms with Crippen LogP contribution in [0.3, 0.4) is 0 Å². The fourth-order valence-electron chi connectivity index (χ4n) is 4.41. The lowest BCUT2D eigenvalue weighted by Crippen LogP contribution is -2.43. The summed E-state index contributed by atoms with van der Waals surface area (Å²) in [6, 6.07) is 20.3. The van der Waals surface area contributed by atoms with Gasteiger partial charge in [0.1, 0.15) is 5.82 Å². The van der Waals surface area contributed by atoms with E-state index < -0.39 is 0 Å². The Labute approximate surface area is 210 Å². The predicted octanol–water partition coefficient (Wildman–Crippen LogP) is 5.00. The summed E-state index contributed by atoms with van der Waals surface area (Å²) < 4.78 is 13.2. The summed E-state index contributed by atoms with van der Waals surface area (Å²) in [5.74, 6) is -0.441. The first-order chi connectivity index (χ1) is 16.9. The van der Waals surface area contributed by atoms with Gasteiger partial charge in [0, 0.05) is 46.9 Å². The number of hydrogen-bond donors (Lipinski definition) is 1. The number of hydrogen-bond acceptors (Lipinski definition) is 5. The van der Waals surface area contributed by atoms with Crippen LogP contribution in [0, 0.1) is 11.7 Å². The van der Waals surface area contributed by atoms with Crippen molar-refractivity contribution >= 4 is 40.7 Å². The third kappa shape index (κ3) is 6.18. The Bertz CT molecular complexity index is 1190.